The van der Waals surface area contributed by atoms with Crippen LogP contribution in [0.1, 0.15) is 32.1 Å². The first-order valence-electron chi connectivity index (χ1n) is 5.63. The number of hydrogen-bond donors (Lipinski definition) is 0. The van der Waals surface area contributed by atoms with Gasteiger partial charge in [0.25, 0.3) is 0 Å². The minimum atomic E-state index is -3.13. The van der Waals surface area contributed by atoms with Crippen molar-refractivity contribution in [2.24, 2.45) is 5.92 Å². The summed E-state index contributed by atoms with van der Waals surface area (Å²) in [4.78, 5) is 11.8. The summed E-state index contributed by atoms with van der Waals surface area (Å²) in [6.07, 6.45) is 4.34. The highest BCUT2D eigenvalue weighted by atomic mass is 32.2. The molecule has 3 saturated heterocycles. The molecule has 0 radical (unpaired) electrons. The summed E-state index contributed by atoms with van der Waals surface area (Å²) in [5.74, 6) is 0.0427. The van der Waals surface area contributed by atoms with Crippen LogP contribution < -0.4 is 0 Å². The summed E-state index contributed by atoms with van der Waals surface area (Å²) >= 11 is 0. The third-order valence-corrected chi connectivity index (χ3v) is 5.99. The van der Waals surface area contributed by atoms with Crippen LogP contribution in [0.2, 0.25) is 0 Å². The second-order valence-corrected chi connectivity index (χ2v) is 6.81. The lowest BCUT2D eigenvalue weighted by molar-refractivity contribution is -0.126. The van der Waals surface area contributed by atoms with Gasteiger partial charge >= 0.3 is 0 Å². The van der Waals surface area contributed by atoms with Crippen LogP contribution in [-0.4, -0.2) is 36.3 Å². The molecule has 3 heterocycles. The molecular weight excluding hydrogens is 214 g/mol. The molecule has 1 unspecified atom stereocenters. The van der Waals surface area contributed by atoms with E-state index in [4.69, 9.17) is 0 Å². The van der Waals surface area contributed by atoms with Gasteiger partial charge in [-0.05, 0) is 12.8 Å². The Hall–Kier alpha value is -0.420. The molecule has 0 aromatic rings. The van der Waals surface area contributed by atoms with Crippen molar-refractivity contribution in [3.05, 3.63) is 0 Å². The number of piperidine rings is 1. The van der Waals surface area contributed by atoms with Crippen LogP contribution >= 0.6 is 0 Å². The number of sulfonamides is 1. The summed E-state index contributed by atoms with van der Waals surface area (Å²) in [6.45, 7) is 0. The molecule has 3 aliphatic heterocycles. The van der Waals surface area contributed by atoms with Gasteiger partial charge in [-0.25, -0.2) is 8.42 Å². The quantitative estimate of drug-likeness (QED) is 0.609. The average Bonchev–Trinajstić information content (AvgIpc) is 2.30. The van der Waals surface area contributed by atoms with Gasteiger partial charge in [-0.15, -0.1) is 0 Å². The first-order valence-corrected chi connectivity index (χ1v) is 7.24. The highest BCUT2D eigenvalue weighted by molar-refractivity contribution is 7.89. The SMILES string of the molecule is O=C1C[C@@H]2CCCC[C@@H]3[C@H]1CS(=O)(=O)N23. The molecule has 0 aliphatic carbocycles. The summed E-state index contributed by atoms with van der Waals surface area (Å²) in [5.41, 5.74) is 0. The Morgan fingerprint density at radius 1 is 1.20 bits per heavy atom. The predicted molar refractivity (Wildman–Crippen MR) is 54.8 cm³/mol. The van der Waals surface area contributed by atoms with Crippen LogP contribution in [0.4, 0.5) is 0 Å². The van der Waals surface area contributed by atoms with Crippen molar-refractivity contribution in [3.63, 3.8) is 0 Å². The lowest BCUT2D eigenvalue weighted by atomic mass is 9.87. The Kier molecular flexibility index (Phi) is 1.98. The fourth-order valence-electron chi connectivity index (χ4n) is 3.38. The van der Waals surface area contributed by atoms with Crippen molar-refractivity contribution in [1.82, 2.24) is 4.31 Å². The number of nitrogens with zero attached hydrogens (tertiary/aromatic N) is 1. The second kappa shape index (κ2) is 3.04. The maximum absolute atomic E-state index is 11.9. The van der Waals surface area contributed by atoms with Crippen molar-refractivity contribution < 1.29 is 13.2 Å². The Morgan fingerprint density at radius 3 is 2.73 bits per heavy atom. The zero-order valence-electron chi connectivity index (χ0n) is 8.55. The molecule has 0 saturated carbocycles. The molecule has 0 amide bonds. The van der Waals surface area contributed by atoms with Gasteiger partial charge in [0, 0.05) is 24.4 Å². The van der Waals surface area contributed by atoms with Crippen molar-refractivity contribution in [1.29, 1.82) is 0 Å². The van der Waals surface area contributed by atoms with Gasteiger partial charge in [0.05, 0.1) is 5.75 Å². The van der Waals surface area contributed by atoms with Crippen LogP contribution in [-0.2, 0) is 14.8 Å². The molecule has 3 aliphatic rings. The molecule has 5 heteroatoms. The molecule has 4 nitrogen and oxygen atoms in total. The Balaban J connectivity index is 2.10. The van der Waals surface area contributed by atoms with E-state index in [1.165, 1.54) is 0 Å². The van der Waals surface area contributed by atoms with Crippen LogP contribution in [0, 0.1) is 5.92 Å². The standard InChI is InChI=1S/C10H15NO3S/c12-10-5-7-3-1-2-4-9-8(10)6-15(13,14)11(7)9/h7-9H,1-6H2/t7-,8+,9+/m0/s1. The fraction of sp³-hybridized carbons (Fsp3) is 0.900. The number of Topliss-reactive ketones (excluding diaryl/α,β-unsaturated/α-hetero) is 1. The van der Waals surface area contributed by atoms with E-state index in [9.17, 15) is 13.2 Å². The monoisotopic (exact) mass is 229 g/mol. The van der Waals surface area contributed by atoms with Crippen LogP contribution in [0.3, 0.4) is 0 Å². The Labute approximate surface area is 89.7 Å². The largest absolute Gasteiger partial charge is 0.299 e. The van der Waals surface area contributed by atoms with E-state index in [0.717, 1.165) is 25.7 Å². The molecule has 84 valence electrons. The van der Waals surface area contributed by atoms with Gasteiger partial charge in [0.2, 0.25) is 10.0 Å². The molecule has 4 bridgehead atoms. The number of carbonyl (C=O) groups is 1. The normalized spacial score (nSPS) is 47.6. The molecule has 3 rings (SSSR count). The van der Waals surface area contributed by atoms with Crippen LogP contribution in [0.5, 0.6) is 0 Å². The Bertz CT molecular complexity index is 403. The highest BCUT2D eigenvalue weighted by Crippen LogP contribution is 2.42. The number of ketones is 1. The molecule has 3 fully saturated rings. The molecule has 0 aromatic heterocycles. The molecule has 15 heavy (non-hydrogen) atoms. The van der Waals surface area contributed by atoms with E-state index >= 15 is 0 Å². The molecule has 0 spiro atoms. The van der Waals surface area contributed by atoms with Gasteiger partial charge in [0.15, 0.2) is 0 Å². The van der Waals surface area contributed by atoms with E-state index in [2.05, 4.69) is 0 Å². The van der Waals surface area contributed by atoms with Crippen molar-refractivity contribution >= 4 is 15.8 Å². The smallest absolute Gasteiger partial charge is 0.215 e. The third kappa shape index (κ3) is 1.29. The van der Waals surface area contributed by atoms with Gasteiger partial charge < -0.3 is 0 Å². The average molecular weight is 229 g/mol. The highest BCUT2D eigenvalue weighted by Gasteiger charge is 2.55. The van der Waals surface area contributed by atoms with Gasteiger partial charge in [-0.1, -0.05) is 12.8 Å². The van der Waals surface area contributed by atoms with Gasteiger partial charge in [-0.2, -0.15) is 4.31 Å². The van der Waals surface area contributed by atoms with Gasteiger partial charge in [-0.3, -0.25) is 4.79 Å². The zero-order chi connectivity index (χ0) is 10.6. The van der Waals surface area contributed by atoms with Crippen molar-refractivity contribution in [2.75, 3.05) is 5.75 Å². The second-order valence-electron chi connectivity index (χ2n) is 4.89. The molecule has 0 N–H and O–H groups in total. The maximum atomic E-state index is 11.9. The Morgan fingerprint density at radius 2 is 1.93 bits per heavy atom. The zero-order valence-corrected chi connectivity index (χ0v) is 9.37. The summed E-state index contributed by atoms with van der Waals surface area (Å²) in [5, 5.41) is 0. The number of carbonyl (C=O) groups excluding carboxylic acids is 1. The summed E-state index contributed by atoms with van der Waals surface area (Å²) in [6, 6.07) is -0.0162. The predicted octanol–water partition coefficient (Wildman–Crippen LogP) is 0.532. The minimum Gasteiger partial charge on any atom is -0.299 e. The van der Waals surface area contributed by atoms with Crippen LogP contribution in [0.25, 0.3) is 0 Å². The van der Waals surface area contributed by atoms with Crippen molar-refractivity contribution in [2.45, 2.75) is 44.2 Å². The number of hydrogen-bond acceptors (Lipinski definition) is 3. The molecular formula is C10H15NO3S. The van der Waals surface area contributed by atoms with Gasteiger partial charge in [0.1, 0.15) is 5.78 Å². The van der Waals surface area contributed by atoms with Crippen molar-refractivity contribution in [3.8, 4) is 0 Å². The first-order chi connectivity index (χ1) is 7.09. The van der Waals surface area contributed by atoms with Crippen LogP contribution in [0.15, 0.2) is 0 Å². The maximum Gasteiger partial charge on any atom is 0.215 e. The molecule has 4 atom stereocenters. The van der Waals surface area contributed by atoms with E-state index in [1.807, 2.05) is 0 Å². The van der Waals surface area contributed by atoms with E-state index in [1.54, 1.807) is 4.31 Å². The third-order valence-electron chi connectivity index (χ3n) is 4.00. The number of rotatable bonds is 0. The summed E-state index contributed by atoms with van der Waals surface area (Å²) in [7, 11) is -3.13. The molecule has 0 aromatic carbocycles. The first kappa shape index (κ1) is 9.78. The van der Waals surface area contributed by atoms with E-state index < -0.39 is 10.0 Å². The fourth-order valence-corrected chi connectivity index (χ4v) is 5.71. The lowest BCUT2D eigenvalue weighted by Crippen LogP contribution is -2.48. The lowest BCUT2D eigenvalue weighted by Gasteiger charge is -2.34. The van der Waals surface area contributed by atoms with E-state index in [0.29, 0.717) is 6.42 Å². The summed E-state index contributed by atoms with van der Waals surface area (Å²) < 4.78 is 25.5. The minimum absolute atomic E-state index is 0.00347. The van der Waals surface area contributed by atoms with E-state index in [-0.39, 0.29) is 29.5 Å². The topological polar surface area (TPSA) is 54.5 Å².